The van der Waals surface area contributed by atoms with Crippen molar-refractivity contribution in [3.63, 3.8) is 0 Å². The van der Waals surface area contributed by atoms with E-state index in [4.69, 9.17) is 0 Å². The maximum Gasteiger partial charge on any atom is 0.155 e. The van der Waals surface area contributed by atoms with Crippen molar-refractivity contribution >= 4 is 5.78 Å². The van der Waals surface area contributed by atoms with Gasteiger partial charge in [0.1, 0.15) is 0 Å². The van der Waals surface area contributed by atoms with E-state index in [1.54, 1.807) is 0 Å². The molecule has 0 N–H and O–H groups in total. The van der Waals surface area contributed by atoms with Crippen LogP contribution in [0.1, 0.15) is 47.0 Å². The number of carbonyl (C=O) groups is 1. The van der Waals surface area contributed by atoms with Gasteiger partial charge in [-0.1, -0.05) is 39.3 Å². The van der Waals surface area contributed by atoms with Gasteiger partial charge >= 0.3 is 0 Å². The van der Waals surface area contributed by atoms with Crippen LogP contribution in [0.25, 0.3) is 0 Å². The first-order valence-corrected chi connectivity index (χ1v) is 5.64. The van der Waals surface area contributed by atoms with Gasteiger partial charge in [-0.05, 0) is 29.7 Å². The van der Waals surface area contributed by atoms with Gasteiger partial charge < -0.3 is 0 Å². The Hall–Kier alpha value is -0.850. The molecule has 0 fully saturated rings. The van der Waals surface area contributed by atoms with Crippen LogP contribution in [0.5, 0.6) is 0 Å². The monoisotopic (exact) mass is 206 g/mol. The molecule has 15 heavy (non-hydrogen) atoms. The molecule has 1 aliphatic rings. The minimum atomic E-state index is 0.115. The van der Waals surface area contributed by atoms with Crippen molar-refractivity contribution in [2.75, 3.05) is 0 Å². The lowest BCUT2D eigenvalue weighted by atomic mass is 9.71. The topological polar surface area (TPSA) is 17.1 Å². The van der Waals surface area contributed by atoms with Gasteiger partial charge in [-0.3, -0.25) is 4.79 Å². The summed E-state index contributed by atoms with van der Waals surface area (Å²) in [7, 11) is 0. The van der Waals surface area contributed by atoms with Crippen molar-refractivity contribution in [3.05, 3.63) is 24.3 Å². The Labute approximate surface area is 93.3 Å². The van der Waals surface area contributed by atoms with Crippen molar-refractivity contribution in [1.29, 1.82) is 0 Å². The zero-order chi connectivity index (χ0) is 11.7. The van der Waals surface area contributed by atoms with Gasteiger partial charge in [0.25, 0.3) is 0 Å². The third-order valence-corrected chi connectivity index (χ3v) is 3.30. The molecule has 0 spiro atoms. The van der Waals surface area contributed by atoms with Crippen LogP contribution in [0.15, 0.2) is 24.3 Å². The molecule has 0 aromatic heterocycles. The molecule has 0 bridgehead atoms. The molecule has 0 aromatic rings. The van der Waals surface area contributed by atoms with Gasteiger partial charge in [0.05, 0.1) is 0 Å². The second-order valence-electron chi connectivity index (χ2n) is 5.89. The quantitative estimate of drug-likeness (QED) is 0.637. The average Bonchev–Trinajstić information content (AvgIpc) is 2.51. The van der Waals surface area contributed by atoms with E-state index in [1.807, 2.05) is 12.2 Å². The fourth-order valence-corrected chi connectivity index (χ4v) is 2.46. The highest BCUT2D eigenvalue weighted by atomic mass is 16.1. The SMILES string of the molecule is C=CC(C)(C)CC(C)(C)C1=CC(=O)CC1. The first-order chi connectivity index (χ1) is 6.77. The number of allylic oxidation sites excluding steroid dienone is 3. The first-order valence-electron chi connectivity index (χ1n) is 5.64. The fraction of sp³-hybridized carbons (Fsp3) is 0.643. The fourth-order valence-electron chi connectivity index (χ4n) is 2.46. The lowest BCUT2D eigenvalue weighted by Crippen LogP contribution is -2.23. The Morgan fingerprint density at radius 1 is 1.33 bits per heavy atom. The van der Waals surface area contributed by atoms with Gasteiger partial charge in [0.2, 0.25) is 0 Å². The molecule has 0 radical (unpaired) electrons. The van der Waals surface area contributed by atoms with E-state index in [0.717, 1.165) is 12.8 Å². The summed E-state index contributed by atoms with van der Waals surface area (Å²) in [5.41, 5.74) is 1.56. The maximum absolute atomic E-state index is 11.2. The van der Waals surface area contributed by atoms with Gasteiger partial charge in [-0.2, -0.15) is 0 Å². The molecule has 1 aliphatic carbocycles. The largest absolute Gasteiger partial charge is 0.295 e. The standard InChI is InChI=1S/C14H22O/c1-6-13(2,3)10-14(4,5)11-7-8-12(15)9-11/h6,9H,1,7-8,10H2,2-5H3. The van der Waals surface area contributed by atoms with Gasteiger partial charge in [-0.15, -0.1) is 6.58 Å². The van der Waals surface area contributed by atoms with E-state index in [2.05, 4.69) is 34.3 Å². The van der Waals surface area contributed by atoms with Crippen LogP contribution in [-0.2, 0) is 4.79 Å². The summed E-state index contributed by atoms with van der Waals surface area (Å²) in [6, 6.07) is 0. The van der Waals surface area contributed by atoms with Crippen LogP contribution in [0.2, 0.25) is 0 Å². The minimum Gasteiger partial charge on any atom is -0.295 e. The van der Waals surface area contributed by atoms with Crippen molar-refractivity contribution in [3.8, 4) is 0 Å². The zero-order valence-electron chi connectivity index (χ0n) is 10.4. The summed E-state index contributed by atoms with van der Waals surface area (Å²) in [4.78, 5) is 11.2. The molecule has 1 heteroatoms. The summed E-state index contributed by atoms with van der Waals surface area (Å²) < 4.78 is 0. The summed E-state index contributed by atoms with van der Waals surface area (Å²) in [5, 5.41) is 0. The van der Waals surface area contributed by atoms with Crippen LogP contribution in [0.4, 0.5) is 0 Å². The normalized spacial score (nSPS) is 17.9. The number of ketones is 1. The lowest BCUT2D eigenvalue weighted by Gasteiger charge is -2.34. The number of hydrogen-bond acceptors (Lipinski definition) is 1. The van der Waals surface area contributed by atoms with Crippen LogP contribution >= 0.6 is 0 Å². The molecule has 0 heterocycles. The molecule has 84 valence electrons. The lowest BCUT2D eigenvalue weighted by molar-refractivity contribution is -0.114. The molecule has 1 rings (SSSR count). The average molecular weight is 206 g/mol. The predicted molar refractivity (Wildman–Crippen MR) is 64.7 cm³/mol. The summed E-state index contributed by atoms with van der Waals surface area (Å²) >= 11 is 0. The highest BCUT2D eigenvalue weighted by Crippen LogP contribution is 2.42. The Morgan fingerprint density at radius 3 is 2.33 bits per heavy atom. The van der Waals surface area contributed by atoms with Gasteiger partial charge in [0, 0.05) is 6.42 Å². The highest BCUT2D eigenvalue weighted by molar-refractivity contribution is 5.93. The van der Waals surface area contributed by atoms with E-state index < -0.39 is 0 Å². The summed E-state index contributed by atoms with van der Waals surface area (Å²) in [6.45, 7) is 12.7. The van der Waals surface area contributed by atoms with E-state index in [0.29, 0.717) is 6.42 Å². The predicted octanol–water partition coefficient (Wildman–Crippen LogP) is 3.90. The van der Waals surface area contributed by atoms with Gasteiger partial charge in [-0.25, -0.2) is 0 Å². The van der Waals surface area contributed by atoms with Crippen LogP contribution in [0.3, 0.4) is 0 Å². The third kappa shape index (κ3) is 3.05. The Morgan fingerprint density at radius 2 is 1.93 bits per heavy atom. The molecule has 0 unspecified atom stereocenters. The van der Waals surface area contributed by atoms with E-state index >= 15 is 0 Å². The first kappa shape index (κ1) is 12.2. The maximum atomic E-state index is 11.2. The summed E-state index contributed by atoms with van der Waals surface area (Å²) in [5.74, 6) is 0.287. The summed E-state index contributed by atoms with van der Waals surface area (Å²) in [6.07, 6.45) is 6.54. The van der Waals surface area contributed by atoms with Crippen molar-refractivity contribution < 1.29 is 4.79 Å². The van der Waals surface area contributed by atoms with E-state index in [9.17, 15) is 4.79 Å². The minimum absolute atomic E-state index is 0.115. The molecular weight excluding hydrogens is 184 g/mol. The molecule has 0 amide bonds. The number of carbonyl (C=O) groups excluding carboxylic acids is 1. The molecule has 0 aliphatic heterocycles. The zero-order valence-corrected chi connectivity index (χ0v) is 10.4. The molecule has 1 nitrogen and oxygen atoms in total. The van der Waals surface area contributed by atoms with Crippen LogP contribution < -0.4 is 0 Å². The van der Waals surface area contributed by atoms with Crippen LogP contribution in [0, 0.1) is 10.8 Å². The van der Waals surface area contributed by atoms with Crippen molar-refractivity contribution in [2.45, 2.75) is 47.0 Å². The third-order valence-electron chi connectivity index (χ3n) is 3.30. The second-order valence-corrected chi connectivity index (χ2v) is 5.89. The molecule has 0 saturated heterocycles. The molecule has 0 atom stereocenters. The number of rotatable bonds is 4. The van der Waals surface area contributed by atoms with Crippen molar-refractivity contribution in [2.24, 2.45) is 10.8 Å². The second kappa shape index (κ2) is 3.96. The molecule has 0 saturated carbocycles. The van der Waals surface area contributed by atoms with E-state index in [-0.39, 0.29) is 16.6 Å². The molecule has 0 aromatic carbocycles. The Balaban J connectivity index is 2.79. The van der Waals surface area contributed by atoms with Crippen molar-refractivity contribution in [1.82, 2.24) is 0 Å². The smallest absolute Gasteiger partial charge is 0.155 e. The van der Waals surface area contributed by atoms with Gasteiger partial charge in [0.15, 0.2) is 5.78 Å². The molecular formula is C14H22O. The number of hydrogen-bond donors (Lipinski definition) is 0. The van der Waals surface area contributed by atoms with Crippen LogP contribution in [-0.4, -0.2) is 5.78 Å². The Kier molecular flexibility index (Phi) is 3.22. The Bertz CT molecular complexity index is 305. The van der Waals surface area contributed by atoms with E-state index in [1.165, 1.54) is 5.57 Å². The highest BCUT2D eigenvalue weighted by Gasteiger charge is 2.32.